The molecule has 0 fully saturated rings. The summed E-state index contributed by atoms with van der Waals surface area (Å²) >= 11 is 0. The highest BCUT2D eigenvalue weighted by molar-refractivity contribution is 5.78. The fraction of sp³-hybridized carbons (Fsp3) is 0.188. The van der Waals surface area contributed by atoms with Crippen molar-refractivity contribution in [1.29, 1.82) is 0 Å². The smallest absolute Gasteiger partial charge is 0.412 e. The quantitative estimate of drug-likeness (QED) is 0.153. The Bertz CT molecular complexity index is 1410. The molecule has 4 aromatic rings. The van der Waals surface area contributed by atoms with Gasteiger partial charge in [-0.2, -0.15) is 0 Å². The van der Waals surface area contributed by atoms with Gasteiger partial charge in [0.25, 0.3) is 0 Å². The Labute approximate surface area is 248 Å². The Morgan fingerprint density at radius 2 is 1.00 bits per heavy atom. The lowest BCUT2D eigenvalue weighted by molar-refractivity contribution is 0.180. The highest BCUT2D eigenvalue weighted by Gasteiger charge is 2.16. The minimum Gasteiger partial charge on any atom is -0.508 e. The second-order valence-corrected chi connectivity index (χ2v) is 9.13. The number of carbonyl (C=O) groups excluding carboxylic acids is 2. The van der Waals surface area contributed by atoms with Crippen LogP contribution in [0.4, 0.5) is 9.59 Å². The first kappa shape index (κ1) is 30.7. The van der Waals surface area contributed by atoms with Crippen molar-refractivity contribution in [2.45, 2.75) is 0 Å². The molecule has 224 valence electrons. The van der Waals surface area contributed by atoms with Crippen LogP contribution >= 0.6 is 0 Å². The van der Waals surface area contributed by atoms with Crippen molar-refractivity contribution in [3.63, 3.8) is 0 Å². The maximum Gasteiger partial charge on any atom is 0.412 e. The van der Waals surface area contributed by atoms with Crippen LogP contribution < -0.4 is 24.8 Å². The molecule has 0 atom stereocenters. The van der Waals surface area contributed by atoms with Crippen molar-refractivity contribution in [1.82, 2.24) is 10.6 Å². The van der Waals surface area contributed by atoms with E-state index in [0.717, 1.165) is 0 Å². The van der Waals surface area contributed by atoms with E-state index in [9.17, 15) is 19.8 Å². The zero-order chi connectivity index (χ0) is 30.6. The molecule has 0 saturated heterocycles. The van der Waals surface area contributed by atoms with Crippen LogP contribution in [0.1, 0.15) is 0 Å². The largest absolute Gasteiger partial charge is 0.508 e. The average Bonchev–Trinajstić information content (AvgIpc) is 3.00. The summed E-state index contributed by atoms with van der Waals surface area (Å²) in [5, 5.41) is 24.9. The molecule has 0 bridgehead atoms. The summed E-state index contributed by atoms with van der Waals surface area (Å²) in [5.41, 5.74) is 2.54. The van der Waals surface area contributed by atoms with Crippen molar-refractivity contribution in [3.05, 3.63) is 84.9 Å². The van der Waals surface area contributed by atoms with E-state index in [2.05, 4.69) is 10.6 Å². The monoisotopic (exact) mass is 588 g/mol. The first-order valence-electron chi connectivity index (χ1n) is 13.3. The third kappa shape index (κ3) is 8.86. The summed E-state index contributed by atoms with van der Waals surface area (Å²) in [6.45, 7) is 1.25. The number of rotatable bonds is 12. The van der Waals surface area contributed by atoms with Gasteiger partial charge in [0.05, 0.1) is 13.2 Å². The number of phenolic OH excluding ortho intramolecular Hbond substituents is 2. The lowest BCUT2D eigenvalue weighted by Gasteiger charge is -2.17. The van der Waals surface area contributed by atoms with E-state index in [4.69, 9.17) is 23.7 Å². The predicted molar refractivity (Wildman–Crippen MR) is 159 cm³/mol. The molecule has 0 saturated carbocycles. The molecule has 11 nitrogen and oxygen atoms in total. The lowest BCUT2D eigenvalue weighted by atomic mass is 10.0. The molecule has 0 aliphatic heterocycles. The van der Waals surface area contributed by atoms with Gasteiger partial charge in [-0.25, -0.2) is 9.59 Å². The number of amides is 2. The van der Waals surface area contributed by atoms with Crippen LogP contribution in [0.15, 0.2) is 84.9 Å². The molecule has 0 aromatic heterocycles. The zero-order valence-corrected chi connectivity index (χ0v) is 23.7. The minimum absolute atomic E-state index is 0.0904. The Hall–Kier alpha value is -5.26. The number of phenols is 2. The molecule has 4 rings (SSSR count). The van der Waals surface area contributed by atoms with Gasteiger partial charge in [0.1, 0.15) is 34.5 Å². The minimum atomic E-state index is -0.640. The number of hydrogen-bond acceptors (Lipinski definition) is 9. The van der Waals surface area contributed by atoms with E-state index in [-0.39, 0.29) is 36.1 Å². The van der Waals surface area contributed by atoms with Crippen molar-refractivity contribution in [2.75, 3.05) is 40.5 Å². The number of carbonyl (C=O) groups is 2. The molecule has 0 heterocycles. The highest BCUT2D eigenvalue weighted by atomic mass is 16.6. The molecule has 0 unspecified atom stereocenters. The van der Waals surface area contributed by atoms with Crippen LogP contribution in [-0.4, -0.2) is 62.9 Å². The van der Waals surface area contributed by atoms with Crippen molar-refractivity contribution < 1.29 is 43.5 Å². The molecular weight excluding hydrogens is 556 g/mol. The van der Waals surface area contributed by atoms with E-state index in [1.807, 2.05) is 0 Å². The summed E-state index contributed by atoms with van der Waals surface area (Å²) in [4.78, 5) is 24.5. The van der Waals surface area contributed by atoms with E-state index >= 15 is 0 Å². The highest BCUT2D eigenvalue weighted by Crippen LogP contribution is 2.41. The second kappa shape index (κ2) is 15.1. The van der Waals surface area contributed by atoms with Gasteiger partial charge < -0.3 is 44.5 Å². The molecule has 0 aliphatic carbocycles. The molecule has 0 spiro atoms. The first-order valence-corrected chi connectivity index (χ1v) is 13.3. The number of benzene rings is 4. The van der Waals surface area contributed by atoms with Crippen LogP contribution in [-0.2, 0) is 9.47 Å². The molecule has 4 N–H and O–H groups in total. The van der Waals surface area contributed by atoms with Gasteiger partial charge in [0.2, 0.25) is 0 Å². The molecule has 0 radical (unpaired) electrons. The number of hydrogen-bond donors (Lipinski definition) is 4. The summed E-state index contributed by atoms with van der Waals surface area (Å²) in [7, 11) is 3.06. The van der Waals surface area contributed by atoms with Gasteiger partial charge in [-0.05, 0) is 71.8 Å². The average molecular weight is 589 g/mol. The van der Waals surface area contributed by atoms with Crippen LogP contribution in [0.25, 0.3) is 22.3 Å². The lowest BCUT2D eigenvalue weighted by Crippen LogP contribution is -2.29. The van der Waals surface area contributed by atoms with Gasteiger partial charge in [0.15, 0.2) is 0 Å². The molecule has 11 heteroatoms. The maximum absolute atomic E-state index is 12.2. The Morgan fingerprint density at radius 1 is 0.605 bits per heavy atom. The summed E-state index contributed by atoms with van der Waals surface area (Å²) in [6, 6.07) is 22.8. The van der Waals surface area contributed by atoms with E-state index in [1.165, 1.54) is 38.5 Å². The van der Waals surface area contributed by atoms with E-state index in [0.29, 0.717) is 47.0 Å². The molecule has 4 aromatic carbocycles. The summed E-state index contributed by atoms with van der Waals surface area (Å²) < 4.78 is 27.2. The topological polar surface area (TPSA) is 145 Å². The number of ether oxygens (including phenoxy) is 5. The summed E-state index contributed by atoms with van der Waals surface area (Å²) in [6.07, 6.45) is -1.28. The Morgan fingerprint density at radius 3 is 1.37 bits per heavy atom. The third-order valence-corrected chi connectivity index (χ3v) is 6.05. The second-order valence-electron chi connectivity index (χ2n) is 9.13. The number of methoxy groups -OCH3 is 2. The fourth-order valence-electron chi connectivity index (χ4n) is 3.97. The number of aromatic hydroxyl groups is 2. The maximum atomic E-state index is 12.2. The first-order chi connectivity index (χ1) is 20.9. The number of nitrogens with one attached hydrogen (secondary N) is 2. The fourth-order valence-corrected chi connectivity index (χ4v) is 3.97. The molecule has 43 heavy (non-hydrogen) atoms. The predicted octanol–water partition coefficient (Wildman–Crippen LogP) is 5.69. The van der Waals surface area contributed by atoms with Crippen molar-refractivity contribution in [2.24, 2.45) is 0 Å². The van der Waals surface area contributed by atoms with Crippen LogP contribution in [0.2, 0.25) is 0 Å². The molecular formula is C32H32N2O9. The van der Waals surface area contributed by atoms with E-state index < -0.39 is 12.2 Å². The normalized spacial score (nSPS) is 10.6. The van der Waals surface area contributed by atoms with Gasteiger partial charge in [0, 0.05) is 38.4 Å². The molecule has 2 amide bonds. The van der Waals surface area contributed by atoms with Crippen LogP contribution in [0.5, 0.6) is 34.5 Å². The van der Waals surface area contributed by atoms with Gasteiger partial charge in [-0.3, -0.25) is 0 Å². The third-order valence-electron chi connectivity index (χ3n) is 6.05. The van der Waals surface area contributed by atoms with Gasteiger partial charge in [-0.1, -0.05) is 24.3 Å². The van der Waals surface area contributed by atoms with Gasteiger partial charge in [-0.15, -0.1) is 0 Å². The summed E-state index contributed by atoms with van der Waals surface area (Å²) in [5.74, 6) is 1.56. The van der Waals surface area contributed by atoms with Crippen molar-refractivity contribution >= 4 is 12.2 Å². The van der Waals surface area contributed by atoms with Gasteiger partial charge >= 0.3 is 12.2 Å². The van der Waals surface area contributed by atoms with Crippen molar-refractivity contribution in [3.8, 4) is 56.8 Å². The van der Waals surface area contributed by atoms with Crippen LogP contribution in [0.3, 0.4) is 0 Å². The van der Waals surface area contributed by atoms with Crippen LogP contribution in [0, 0.1) is 0 Å². The Balaban J connectivity index is 1.68. The zero-order valence-electron chi connectivity index (χ0n) is 23.7. The van der Waals surface area contributed by atoms with E-state index in [1.54, 1.807) is 60.7 Å². The SMILES string of the molecule is COCCNC(=O)Oc1ccc(Oc2ccc(OC(=O)NCCOC)cc2-c2ccc(O)cc2)c(-c2ccc(O)cc2)c1. The standard InChI is InChI=1S/C32H32N2O9/c1-39-17-15-33-31(37)41-25-11-13-29(27(19-25)21-3-7-23(35)8-4-21)43-30-14-12-26(42-32(38)34-16-18-40-2)20-28(30)22-5-9-24(36)10-6-22/h3-14,19-20,35-36H,15-18H2,1-2H3,(H,33,37)(H,34,38). The molecule has 0 aliphatic rings. The Kier molecular flexibility index (Phi) is 10.8.